The Labute approximate surface area is 136 Å². The van der Waals surface area contributed by atoms with Crippen molar-refractivity contribution in [1.82, 2.24) is 14.9 Å². The van der Waals surface area contributed by atoms with Crippen LogP contribution in [0.25, 0.3) is 0 Å². The van der Waals surface area contributed by atoms with Gasteiger partial charge in [0.1, 0.15) is 30.0 Å². The molecule has 0 saturated carbocycles. The third kappa shape index (κ3) is 4.18. The van der Waals surface area contributed by atoms with Crippen LogP contribution in [0.1, 0.15) is 11.8 Å². The van der Waals surface area contributed by atoms with E-state index < -0.39 is 0 Å². The second kappa shape index (κ2) is 7.89. The van der Waals surface area contributed by atoms with Crippen molar-refractivity contribution in [1.29, 1.82) is 0 Å². The molecule has 1 saturated heterocycles. The van der Waals surface area contributed by atoms with Crippen LogP contribution >= 0.6 is 0 Å². The fourth-order valence-corrected chi connectivity index (χ4v) is 2.66. The van der Waals surface area contributed by atoms with Crippen LogP contribution in [-0.2, 0) is 4.74 Å². The average Bonchev–Trinajstić information content (AvgIpc) is 2.63. The van der Waals surface area contributed by atoms with E-state index in [2.05, 4.69) is 20.2 Å². The van der Waals surface area contributed by atoms with Crippen LogP contribution in [0.15, 0.2) is 42.7 Å². The van der Waals surface area contributed by atoms with Crippen molar-refractivity contribution in [2.24, 2.45) is 0 Å². The van der Waals surface area contributed by atoms with Crippen molar-refractivity contribution in [2.75, 3.05) is 45.2 Å². The van der Waals surface area contributed by atoms with Crippen LogP contribution in [0.2, 0.25) is 0 Å². The van der Waals surface area contributed by atoms with E-state index in [1.54, 1.807) is 12.4 Å². The third-order valence-corrected chi connectivity index (χ3v) is 3.84. The Bertz CT molecular complexity index is 609. The predicted octanol–water partition coefficient (Wildman–Crippen LogP) is 1.97. The van der Waals surface area contributed by atoms with E-state index in [4.69, 9.17) is 9.47 Å². The van der Waals surface area contributed by atoms with Crippen molar-refractivity contribution in [2.45, 2.75) is 6.10 Å². The van der Waals surface area contributed by atoms with E-state index in [0.717, 1.165) is 36.9 Å². The van der Waals surface area contributed by atoms with Crippen LogP contribution in [0.3, 0.4) is 0 Å². The first-order chi connectivity index (χ1) is 11.4. The zero-order valence-electron chi connectivity index (χ0n) is 13.3. The predicted molar refractivity (Wildman–Crippen MR) is 88.6 cm³/mol. The molecule has 1 aromatic heterocycles. The third-order valence-electron chi connectivity index (χ3n) is 3.84. The quantitative estimate of drug-likeness (QED) is 0.880. The molecular formula is C17H22N4O2. The van der Waals surface area contributed by atoms with Gasteiger partial charge >= 0.3 is 0 Å². The number of hydrogen-bond donors (Lipinski definition) is 1. The normalized spacial score (nSPS) is 18.6. The van der Waals surface area contributed by atoms with Gasteiger partial charge in [0.05, 0.1) is 6.61 Å². The maximum absolute atomic E-state index is 5.88. The summed E-state index contributed by atoms with van der Waals surface area (Å²) < 4.78 is 11.6. The first-order valence-electron chi connectivity index (χ1n) is 7.87. The summed E-state index contributed by atoms with van der Waals surface area (Å²) in [7, 11) is 1.85. The monoisotopic (exact) mass is 314 g/mol. The van der Waals surface area contributed by atoms with Gasteiger partial charge in [-0.1, -0.05) is 18.2 Å². The lowest BCUT2D eigenvalue weighted by Gasteiger charge is -2.32. The summed E-state index contributed by atoms with van der Waals surface area (Å²) in [6.07, 6.45) is 3.33. The number of nitrogens with one attached hydrogen (secondary N) is 1. The number of benzene rings is 1. The van der Waals surface area contributed by atoms with Crippen LogP contribution in [0.4, 0.5) is 5.82 Å². The lowest BCUT2D eigenvalue weighted by atomic mass is 10.2. The van der Waals surface area contributed by atoms with E-state index in [1.807, 2.05) is 37.4 Å². The Balaban J connectivity index is 1.54. The zero-order chi connectivity index (χ0) is 15.9. The van der Waals surface area contributed by atoms with Gasteiger partial charge in [-0.3, -0.25) is 9.88 Å². The fourth-order valence-electron chi connectivity index (χ4n) is 2.66. The number of rotatable bonds is 6. The van der Waals surface area contributed by atoms with Gasteiger partial charge in [-0.25, -0.2) is 4.98 Å². The summed E-state index contributed by atoms with van der Waals surface area (Å²) in [5, 5.41) is 3.08. The molecule has 1 aromatic carbocycles. The van der Waals surface area contributed by atoms with Crippen molar-refractivity contribution < 1.29 is 9.47 Å². The minimum Gasteiger partial charge on any atom is -0.492 e. The largest absolute Gasteiger partial charge is 0.492 e. The molecule has 1 unspecified atom stereocenters. The van der Waals surface area contributed by atoms with Gasteiger partial charge in [0, 0.05) is 39.1 Å². The first-order valence-corrected chi connectivity index (χ1v) is 7.87. The molecule has 1 aliphatic rings. The second-order valence-electron chi connectivity index (χ2n) is 5.36. The number of anilines is 1. The lowest BCUT2D eigenvalue weighted by molar-refractivity contribution is -0.0347. The molecule has 0 bridgehead atoms. The highest BCUT2D eigenvalue weighted by Gasteiger charge is 2.25. The Morgan fingerprint density at radius 1 is 1.26 bits per heavy atom. The molecule has 122 valence electrons. The van der Waals surface area contributed by atoms with Crippen LogP contribution < -0.4 is 10.1 Å². The number of ether oxygens (including phenoxy) is 2. The van der Waals surface area contributed by atoms with Gasteiger partial charge in [-0.15, -0.1) is 0 Å². The molecule has 0 amide bonds. The highest BCUT2D eigenvalue weighted by atomic mass is 16.5. The van der Waals surface area contributed by atoms with Crippen LogP contribution in [-0.4, -0.2) is 54.8 Å². The number of nitrogens with zero attached hydrogens (tertiary/aromatic N) is 3. The second-order valence-corrected chi connectivity index (χ2v) is 5.36. The van der Waals surface area contributed by atoms with Gasteiger partial charge in [0.2, 0.25) is 0 Å². The zero-order valence-corrected chi connectivity index (χ0v) is 13.3. The summed E-state index contributed by atoms with van der Waals surface area (Å²) >= 11 is 0. The number of hydrogen-bond acceptors (Lipinski definition) is 6. The molecule has 23 heavy (non-hydrogen) atoms. The minimum atomic E-state index is -0.0587. The Morgan fingerprint density at radius 3 is 2.91 bits per heavy atom. The Kier molecular flexibility index (Phi) is 5.39. The molecule has 0 spiro atoms. The lowest BCUT2D eigenvalue weighted by Crippen LogP contribution is -2.40. The standard InChI is InChI=1S/C17H22N4O2/c1-18-17-16(19-7-8-20-17)15-13-21(10-12-23-15)9-11-22-14-5-3-2-4-6-14/h2-8,15H,9-13H2,1H3,(H,18,20). The van der Waals surface area contributed by atoms with Gasteiger partial charge in [-0.05, 0) is 12.1 Å². The fraction of sp³-hybridized carbons (Fsp3) is 0.412. The minimum absolute atomic E-state index is 0.0587. The van der Waals surface area contributed by atoms with E-state index in [1.165, 1.54) is 0 Å². The molecule has 1 atom stereocenters. The summed E-state index contributed by atoms with van der Waals surface area (Å²) in [6.45, 7) is 3.92. The van der Waals surface area contributed by atoms with Gasteiger partial charge in [0.25, 0.3) is 0 Å². The topological polar surface area (TPSA) is 59.5 Å². The van der Waals surface area contributed by atoms with Crippen molar-refractivity contribution in [3.63, 3.8) is 0 Å². The summed E-state index contributed by atoms with van der Waals surface area (Å²) in [5.74, 6) is 1.68. The molecule has 6 heteroatoms. The summed E-state index contributed by atoms with van der Waals surface area (Å²) in [6, 6.07) is 9.89. The Morgan fingerprint density at radius 2 is 2.09 bits per heavy atom. The van der Waals surface area contributed by atoms with E-state index in [9.17, 15) is 0 Å². The molecule has 3 rings (SSSR count). The van der Waals surface area contributed by atoms with Crippen molar-refractivity contribution in [3.8, 4) is 5.75 Å². The average molecular weight is 314 g/mol. The maximum atomic E-state index is 5.88. The number of morpholine rings is 1. The molecule has 1 aliphatic heterocycles. The van der Waals surface area contributed by atoms with E-state index >= 15 is 0 Å². The number of para-hydroxylation sites is 1. The molecular weight excluding hydrogens is 292 g/mol. The van der Waals surface area contributed by atoms with E-state index in [0.29, 0.717) is 13.2 Å². The van der Waals surface area contributed by atoms with Gasteiger partial charge < -0.3 is 14.8 Å². The highest BCUT2D eigenvalue weighted by molar-refractivity contribution is 5.40. The smallest absolute Gasteiger partial charge is 0.150 e. The molecule has 2 aromatic rings. The molecule has 6 nitrogen and oxygen atoms in total. The van der Waals surface area contributed by atoms with Crippen LogP contribution in [0.5, 0.6) is 5.75 Å². The summed E-state index contributed by atoms with van der Waals surface area (Å²) in [4.78, 5) is 11.1. The van der Waals surface area contributed by atoms with Gasteiger partial charge in [0.15, 0.2) is 0 Å². The van der Waals surface area contributed by atoms with Crippen molar-refractivity contribution in [3.05, 3.63) is 48.4 Å². The van der Waals surface area contributed by atoms with E-state index in [-0.39, 0.29) is 6.10 Å². The molecule has 2 heterocycles. The highest BCUT2D eigenvalue weighted by Crippen LogP contribution is 2.24. The summed E-state index contributed by atoms with van der Waals surface area (Å²) in [5.41, 5.74) is 0.865. The first kappa shape index (κ1) is 15.7. The molecule has 0 aliphatic carbocycles. The number of aromatic nitrogens is 2. The molecule has 0 radical (unpaired) electrons. The molecule has 1 fully saturated rings. The maximum Gasteiger partial charge on any atom is 0.150 e. The Hall–Kier alpha value is -2.18. The van der Waals surface area contributed by atoms with Crippen LogP contribution in [0, 0.1) is 0 Å². The SMILES string of the molecule is CNc1nccnc1C1CN(CCOc2ccccc2)CCO1. The van der Waals surface area contributed by atoms with Gasteiger partial charge in [-0.2, -0.15) is 0 Å². The molecule has 1 N–H and O–H groups in total. The van der Waals surface area contributed by atoms with Crippen molar-refractivity contribution >= 4 is 5.82 Å².